The van der Waals surface area contributed by atoms with Gasteiger partial charge in [0, 0.05) is 40.3 Å². The molecule has 5 aromatic rings. The number of nitrogens with zero attached hydrogens (tertiary/aromatic N) is 3. The number of thiophene rings is 2. The number of anilines is 1. The van der Waals surface area contributed by atoms with E-state index in [1.54, 1.807) is 29.0 Å². The molecule has 0 saturated carbocycles. The lowest BCUT2D eigenvalue weighted by atomic mass is 10.0. The van der Waals surface area contributed by atoms with Gasteiger partial charge < -0.3 is 14.5 Å². The average molecular weight is 505 g/mol. The van der Waals surface area contributed by atoms with Gasteiger partial charge in [0.2, 0.25) is 0 Å². The highest BCUT2D eigenvalue weighted by atomic mass is 32.1. The molecule has 9 heteroatoms. The Morgan fingerprint density at radius 2 is 1.91 bits per heavy atom. The summed E-state index contributed by atoms with van der Waals surface area (Å²) >= 11 is 3.33. The van der Waals surface area contributed by atoms with Gasteiger partial charge in [-0.05, 0) is 36.6 Å². The van der Waals surface area contributed by atoms with E-state index >= 15 is 0 Å². The molecule has 0 bridgehead atoms. The Bertz CT molecular complexity index is 1550. The predicted molar refractivity (Wildman–Crippen MR) is 141 cm³/mol. The molecule has 4 aromatic heterocycles. The van der Waals surface area contributed by atoms with Crippen LogP contribution in [0.15, 0.2) is 63.4 Å². The Balaban J connectivity index is 1.42. The van der Waals surface area contributed by atoms with E-state index in [0.29, 0.717) is 11.1 Å². The first-order chi connectivity index (χ1) is 17.2. The maximum Gasteiger partial charge on any atom is 0.343 e. The molecule has 1 aliphatic heterocycles. The van der Waals surface area contributed by atoms with E-state index in [1.165, 1.54) is 4.88 Å². The van der Waals surface area contributed by atoms with Gasteiger partial charge in [-0.1, -0.05) is 18.2 Å². The number of fused-ring (bicyclic) bond motifs is 2. The molecule has 6 rings (SSSR count). The maximum atomic E-state index is 12.9. The number of rotatable bonds is 6. The molecular weight excluding hydrogens is 480 g/mol. The van der Waals surface area contributed by atoms with Crippen LogP contribution in [-0.4, -0.2) is 41.2 Å². The second-order valence-electron chi connectivity index (χ2n) is 8.55. The van der Waals surface area contributed by atoms with Crippen LogP contribution in [0.5, 0.6) is 0 Å². The summed E-state index contributed by atoms with van der Waals surface area (Å²) in [7, 11) is 0. The molecular formula is C26H24N4O3S2. The number of ether oxygens (including phenoxy) is 1. The smallest absolute Gasteiger partial charge is 0.343 e. The minimum absolute atomic E-state index is 0.285. The van der Waals surface area contributed by atoms with Gasteiger partial charge in [-0.25, -0.2) is 14.8 Å². The second-order valence-corrected chi connectivity index (χ2v) is 10.6. The van der Waals surface area contributed by atoms with Crippen LogP contribution in [-0.2, 0) is 11.3 Å². The quantitative estimate of drug-likeness (QED) is 0.326. The van der Waals surface area contributed by atoms with Crippen LogP contribution in [0.4, 0.5) is 5.82 Å². The second kappa shape index (κ2) is 9.50. The van der Waals surface area contributed by atoms with Crippen molar-refractivity contribution in [3.63, 3.8) is 0 Å². The number of aromatic nitrogens is 2. The molecule has 1 saturated heterocycles. The van der Waals surface area contributed by atoms with Gasteiger partial charge >= 0.3 is 5.63 Å². The van der Waals surface area contributed by atoms with Crippen molar-refractivity contribution in [1.29, 1.82) is 0 Å². The number of hydrogen-bond donors (Lipinski definition) is 1. The van der Waals surface area contributed by atoms with Crippen molar-refractivity contribution in [1.82, 2.24) is 14.9 Å². The van der Waals surface area contributed by atoms with E-state index in [9.17, 15) is 4.79 Å². The fourth-order valence-electron chi connectivity index (χ4n) is 4.52. The lowest BCUT2D eigenvalue weighted by Crippen LogP contribution is -2.35. The lowest BCUT2D eigenvalue weighted by Gasteiger charge is -2.25. The van der Waals surface area contributed by atoms with E-state index < -0.39 is 0 Å². The standard InChI is InChI=1S/C26H24N4O3S2/c1-16(29-25-24-20(8-13-34-24)27-15-28-25)23-22(18-4-2-3-5-19(18)26(31)33-23)21-7-6-17(35-21)14-30-9-11-32-12-10-30/h2-8,13,15-16H,9-12,14H2,1H3,(H,27,28,29). The van der Waals surface area contributed by atoms with Gasteiger partial charge in [-0.15, -0.1) is 22.7 Å². The van der Waals surface area contributed by atoms with E-state index in [1.807, 2.05) is 42.6 Å². The normalized spacial score (nSPS) is 15.6. The third-order valence-electron chi connectivity index (χ3n) is 6.25. The largest absolute Gasteiger partial charge is 0.425 e. The summed E-state index contributed by atoms with van der Waals surface area (Å²) < 4.78 is 12.5. The minimum Gasteiger partial charge on any atom is -0.425 e. The SMILES string of the molecule is CC(Nc1ncnc2ccsc12)c1oc(=O)c2ccccc2c1-c1ccc(CN2CCOCC2)s1. The maximum absolute atomic E-state index is 12.9. The van der Waals surface area contributed by atoms with E-state index in [4.69, 9.17) is 9.15 Å². The van der Waals surface area contributed by atoms with Crippen molar-refractivity contribution < 1.29 is 9.15 Å². The summed E-state index contributed by atoms with van der Waals surface area (Å²) in [6.07, 6.45) is 1.55. The summed E-state index contributed by atoms with van der Waals surface area (Å²) in [4.78, 5) is 26.5. The predicted octanol–water partition coefficient (Wildman–Crippen LogP) is 5.53. The summed E-state index contributed by atoms with van der Waals surface area (Å²) in [6, 6.07) is 13.7. The number of nitrogens with one attached hydrogen (secondary N) is 1. The summed E-state index contributed by atoms with van der Waals surface area (Å²) in [5.74, 6) is 1.34. The molecule has 1 N–H and O–H groups in total. The lowest BCUT2D eigenvalue weighted by molar-refractivity contribution is 0.0346. The van der Waals surface area contributed by atoms with Gasteiger partial charge in [0.25, 0.3) is 0 Å². The Morgan fingerprint density at radius 3 is 2.77 bits per heavy atom. The van der Waals surface area contributed by atoms with Crippen molar-refractivity contribution in [2.75, 3.05) is 31.6 Å². The first-order valence-corrected chi connectivity index (χ1v) is 13.3. The molecule has 178 valence electrons. The molecule has 1 fully saturated rings. The topological polar surface area (TPSA) is 80.5 Å². The molecule has 1 aromatic carbocycles. The molecule has 5 heterocycles. The molecule has 35 heavy (non-hydrogen) atoms. The van der Waals surface area contributed by atoms with Crippen molar-refractivity contribution in [2.45, 2.75) is 19.5 Å². The third-order valence-corrected chi connectivity index (χ3v) is 8.24. The Kier molecular flexibility index (Phi) is 6.07. The molecule has 0 spiro atoms. The number of morpholine rings is 1. The molecule has 0 amide bonds. The summed E-state index contributed by atoms with van der Waals surface area (Å²) in [5, 5.41) is 6.96. The van der Waals surface area contributed by atoms with Crippen molar-refractivity contribution >= 4 is 49.5 Å². The van der Waals surface area contributed by atoms with Crippen LogP contribution in [0.2, 0.25) is 0 Å². The van der Waals surface area contributed by atoms with Gasteiger partial charge in [-0.3, -0.25) is 4.90 Å². The van der Waals surface area contributed by atoms with Crippen LogP contribution >= 0.6 is 22.7 Å². The zero-order valence-corrected chi connectivity index (χ0v) is 20.8. The minimum atomic E-state index is -0.331. The van der Waals surface area contributed by atoms with Crippen molar-refractivity contribution in [2.24, 2.45) is 0 Å². The molecule has 0 aliphatic carbocycles. The van der Waals surface area contributed by atoms with Gasteiger partial charge in [-0.2, -0.15) is 0 Å². The monoisotopic (exact) mass is 504 g/mol. The fourth-order valence-corrected chi connectivity index (χ4v) is 6.43. The number of hydrogen-bond acceptors (Lipinski definition) is 9. The van der Waals surface area contributed by atoms with Gasteiger partial charge in [0.05, 0.1) is 34.9 Å². The van der Waals surface area contributed by atoms with Crippen LogP contribution < -0.4 is 10.9 Å². The summed E-state index contributed by atoms with van der Waals surface area (Å²) in [6.45, 7) is 6.34. The van der Waals surface area contributed by atoms with Crippen molar-refractivity contribution in [3.8, 4) is 10.4 Å². The van der Waals surface area contributed by atoms with Crippen LogP contribution in [0.25, 0.3) is 31.4 Å². The number of benzene rings is 1. The van der Waals surface area contributed by atoms with Gasteiger partial charge in [0.1, 0.15) is 17.9 Å². The molecule has 7 nitrogen and oxygen atoms in total. The van der Waals surface area contributed by atoms with E-state index in [0.717, 1.165) is 64.7 Å². The highest BCUT2D eigenvalue weighted by Crippen LogP contribution is 2.39. The zero-order chi connectivity index (χ0) is 23.8. The van der Waals surface area contributed by atoms with Crippen LogP contribution in [0.3, 0.4) is 0 Å². The van der Waals surface area contributed by atoms with E-state index in [-0.39, 0.29) is 11.7 Å². The highest BCUT2D eigenvalue weighted by molar-refractivity contribution is 7.17. The molecule has 1 atom stereocenters. The highest BCUT2D eigenvalue weighted by Gasteiger charge is 2.23. The zero-order valence-electron chi connectivity index (χ0n) is 19.2. The Hall–Kier alpha value is -3.11. The van der Waals surface area contributed by atoms with Crippen LogP contribution in [0.1, 0.15) is 23.6 Å². The van der Waals surface area contributed by atoms with Gasteiger partial charge in [0.15, 0.2) is 0 Å². The molecule has 1 aliphatic rings. The van der Waals surface area contributed by atoms with Crippen LogP contribution in [0, 0.1) is 0 Å². The van der Waals surface area contributed by atoms with E-state index in [2.05, 4.69) is 32.3 Å². The van der Waals surface area contributed by atoms with Crippen molar-refractivity contribution in [3.05, 3.63) is 75.2 Å². The first kappa shape index (κ1) is 22.4. The molecule has 1 unspecified atom stereocenters. The average Bonchev–Trinajstić information content (AvgIpc) is 3.55. The molecule has 0 radical (unpaired) electrons. The summed E-state index contributed by atoms with van der Waals surface area (Å²) in [5.41, 5.74) is 1.52. The Morgan fingerprint density at radius 1 is 1.09 bits per heavy atom. The third kappa shape index (κ3) is 4.36. The first-order valence-electron chi connectivity index (χ1n) is 11.6. The Labute approximate surface area is 210 Å². The fraction of sp³-hybridized carbons (Fsp3) is 0.269.